The molecule has 0 spiro atoms. The quantitative estimate of drug-likeness (QED) is 0.133. The molecule has 0 aliphatic heterocycles. The van der Waals surface area contributed by atoms with Crippen LogP contribution >= 0.6 is 11.3 Å². The normalized spacial score (nSPS) is 25.4. The van der Waals surface area contributed by atoms with Crippen LogP contribution in [0.5, 0.6) is 0 Å². The predicted octanol–water partition coefficient (Wildman–Crippen LogP) is 9.57. The van der Waals surface area contributed by atoms with Gasteiger partial charge >= 0.3 is 0 Å². The molecule has 218 valence electrons. The highest BCUT2D eigenvalue weighted by Gasteiger charge is 2.48. The molecular weight excluding hydrogens is 539 g/mol. The summed E-state index contributed by atoms with van der Waals surface area (Å²) in [6, 6.07) is 11.3. The van der Waals surface area contributed by atoms with Crippen molar-refractivity contribution in [2.75, 3.05) is 5.75 Å². The first-order valence-corrected chi connectivity index (χ1v) is 20.4. The van der Waals surface area contributed by atoms with Gasteiger partial charge in [-0.1, -0.05) is 64.3 Å². The summed E-state index contributed by atoms with van der Waals surface area (Å²) >= 11 is 1.29. The minimum absolute atomic E-state index is 0.0220. The highest BCUT2D eigenvalue weighted by atomic mass is 32.2. The number of fused-ring (bicyclic) bond motifs is 2. The number of para-hydroxylation sites is 1. The average Bonchev–Trinajstić information content (AvgIpc) is 3.50. The molecule has 3 atom stereocenters. The molecule has 39 heavy (non-hydrogen) atoms. The summed E-state index contributed by atoms with van der Waals surface area (Å²) in [7, 11) is -5.00. The van der Waals surface area contributed by atoms with E-state index >= 15 is 0 Å². The van der Waals surface area contributed by atoms with Crippen LogP contribution in [0.4, 0.5) is 0 Å². The van der Waals surface area contributed by atoms with Gasteiger partial charge in [0.1, 0.15) is 0 Å². The number of rotatable bonds is 13. The lowest BCUT2D eigenvalue weighted by atomic mass is 9.62. The van der Waals surface area contributed by atoms with Crippen LogP contribution in [0.2, 0.25) is 18.1 Å². The van der Waals surface area contributed by atoms with E-state index in [2.05, 4.69) is 52.6 Å². The second-order valence-electron chi connectivity index (χ2n) is 13.0. The highest BCUT2D eigenvalue weighted by molar-refractivity contribution is 7.93. The summed E-state index contributed by atoms with van der Waals surface area (Å²) in [6.07, 6.45) is 13.0. The van der Waals surface area contributed by atoms with Gasteiger partial charge in [0.25, 0.3) is 0 Å². The number of allylic oxidation sites excluding steroid dienone is 1. The Morgan fingerprint density at radius 1 is 1.13 bits per heavy atom. The monoisotopic (exact) mass is 589 g/mol. The molecule has 0 unspecified atom stereocenters. The van der Waals surface area contributed by atoms with Crippen molar-refractivity contribution in [3.05, 3.63) is 35.9 Å². The lowest BCUT2D eigenvalue weighted by Crippen LogP contribution is -2.44. The fraction of sp³-hybridized carbons (Fsp3) is 0.719. The van der Waals surface area contributed by atoms with Crippen molar-refractivity contribution in [2.24, 2.45) is 17.3 Å². The molecule has 0 amide bonds. The van der Waals surface area contributed by atoms with Crippen LogP contribution in [0.1, 0.15) is 99.3 Å². The van der Waals surface area contributed by atoms with Crippen molar-refractivity contribution in [3.63, 3.8) is 0 Å². The molecule has 2 aliphatic carbocycles. The Labute approximate surface area is 243 Å². The number of hydrogen-bond acceptors (Lipinski definition) is 5. The van der Waals surface area contributed by atoms with Crippen molar-refractivity contribution in [1.29, 1.82) is 0 Å². The van der Waals surface area contributed by atoms with Crippen LogP contribution in [0.15, 0.2) is 40.3 Å². The molecule has 7 heteroatoms. The molecule has 0 saturated heterocycles. The van der Waals surface area contributed by atoms with E-state index in [0.717, 1.165) is 29.0 Å². The molecular formula is C32H51NO3S2Si. The van der Waals surface area contributed by atoms with Crippen molar-refractivity contribution < 1.29 is 12.8 Å². The first-order valence-electron chi connectivity index (χ1n) is 15.4. The lowest BCUT2D eigenvalue weighted by Gasteiger charge is -2.42. The Morgan fingerprint density at radius 2 is 1.85 bits per heavy atom. The Morgan fingerprint density at radius 3 is 2.54 bits per heavy atom. The van der Waals surface area contributed by atoms with E-state index in [1.807, 2.05) is 24.3 Å². The Kier molecular flexibility index (Phi) is 9.88. The third-order valence-corrected chi connectivity index (χ3v) is 18.2. The maximum atomic E-state index is 13.2. The number of sulfone groups is 1. The van der Waals surface area contributed by atoms with E-state index < -0.39 is 18.2 Å². The smallest absolute Gasteiger partial charge is 0.210 e. The van der Waals surface area contributed by atoms with E-state index in [4.69, 9.17) is 4.43 Å². The van der Waals surface area contributed by atoms with Crippen LogP contribution in [0, 0.1) is 17.3 Å². The molecule has 1 aromatic heterocycles. The summed E-state index contributed by atoms with van der Waals surface area (Å²) in [4.78, 5) is 4.43. The van der Waals surface area contributed by atoms with Crippen LogP contribution < -0.4 is 0 Å². The Hall–Kier alpha value is -1.02. The second kappa shape index (κ2) is 12.5. The SMILES string of the molecule is CC[Si](CC)(CC)OC(C)(C)CCCC[C@H]1CC[C@H]2/C(=C/CS(=O)(=O)c3nc4ccccc4s3)CCC[C@]12C. The summed E-state index contributed by atoms with van der Waals surface area (Å²) in [6.45, 7) is 14.1. The zero-order chi connectivity index (χ0) is 28.3. The largest absolute Gasteiger partial charge is 0.412 e. The summed E-state index contributed by atoms with van der Waals surface area (Å²) in [5.74, 6) is 1.35. The maximum Gasteiger partial charge on any atom is 0.210 e. The van der Waals surface area contributed by atoms with Crippen LogP contribution in [0.25, 0.3) is 10.2 Å². The molecule has 2 aliphatic rings. The number of thiazole rings is 1. The standard InChI is InChI=1S/C32H51NO3S2Si/c1-7-39(8-2,9-3)36-31(4,5)22-13-12-16-26-19-20-27-25(15-14-23-32(26,27)6)21-24-38(34,35)30-33-28-17-10-11-18-29(28)37-30/h10-11,17-18,21,26-27H,7-9,12-16,19-20,22-24H2,1-6H3/b25-21+/t26-,27-,32+/m0/s1. The second-order valence-corrected chi connectivity index (χ2v) is 21.0. The van der Waals surface area contributed by atoms with Gasteiger partial charge in [0, 0.05) is 0 Å². The number of aromatic nitrogens is 1. The van der Waals surface area contributed by atoms with Crippen molar-refractivity contribution in [1.82, 2.24) is 4.98 Å². The molecule has 1 aromatic carbocycles. The van der Waals surface area contributed by atoms with Gasteiger partial charge in [-0.2, -0.15) is 0 Å². The molecule has 0 bridgehead atoms. The average molecular weight is 590 g/mol. The summed E-state index contributed by atoms with van der Waals surface area (Å²) < 4.78 is 34.4. The number of nitrogens with zero attached hydrogens (tertiary/aromatic N) is 1. The highest BCUT2D eigenvalue weighted by Crippen LogP contribution is 2.58. The van der Waals surface area contributed by atoms with Gasteiger partial charge in [0.2, 0.25) is 14.2 Å². The molecule has 1 heterocycles. The van der Waals surface area contributed by atoms with Gasteiger partial charge in [-0.3, -0.25) is 0 Å². The minimum Gasteiger partial charge on any atom is -0.412 e. The number of benzene rings is 1. The topological polar surface area (TPSA) is 56.3 Å². The van der Waals surface area contributed by atoms with Crippen molar-refractivity contribution >= 4 is 39.7 Å². The molecule has 0 radical (unpaired) electrons. The summed E-state index contributed by atoms with van der Waals surface area (Å²) in [5.41, 5.74) is 2.46. The third kappa shape index (κ3) is 6.90. The Bertz CT molecular complexity index is 1210. The van der Waals surface area contributed by atoms with Crippen LogP contribution in [-0.4, -0.2) is 33.1 Å². The molecule has 4 rings (SSSR count). The van der Waals surface area contributed by atoms with Crippen molar-refractivity contribution in [3.8, 4) is 0 Å². The van der Waals surface area contributed by atoms with Gasteiger partial charge in [-0.15, -0.1) is 11.3 Å². The maximum absolute atomic E-state index is 13.2. The van der Waals surface area contributed by atoms with E-state index in [9.17, 15) is 8.42 Å². The minimum atomic E-state index is -3.41. The van der Waals surface area contributed by atoms with Gasteiger partial charge < -0.3 is 4.43 Å². The molecule has 2 fully saturated rings. The zero-order valence-corrected chi connectivity index (χ0v) is 27.9. The molecule has 4 nitrogen and oxygen atoms in total. The van der Waals surface area contributed by atoms with Crippen LogP contribution in [0.3, 0.4) is 0 Å². The van der Waals surface area contributed by atoms with Crippen LogP contribution in [-0.2, 0) is 14.3 Å². The molecule has 0 N–H and O–H groups in total. The third-order valence-electron chi connectivity index (χ3n) is 10.3. The summed E-state index contributed by atoms with van der Waals surface area (Å²) in [5, 5.41) is 0. The van der Waals surface area contributed by atoms with Gasteiger partial charge in [-0.05, 0) is 106 Å². The first-order chi connectivity index (χ1) is 18.5. The van der Waals surface area contributed by atoms with E-state index in [1.165, 1.54) is 80.0 Å². The van der Waals surface area contributed by atoms with E-state index in [1.54, 1.807) is 0 Å². The molecule has 2 aromatic rings. The Balaban J connectivity index is 1.34. The fourth-order valence-electron chi connectivity index (χ4n) is 7.68. The fourth-order valence-corrected chi connectivity index (χ4v) is 13.4. The lowest BCUT2D eigenvalue weighted by molar-refractivity contribution is 0.0799. The van der Waals surface area contributed by atoms with E-state index in [-0.39, 0.29) is 15.7 Å². The van der Waals surface area contributed by atoms with Gasteiger partial charge in [-0.25, -0.2) is 13.4 Å². The molecule has 2 saturated carbocycles. The number of hydrogen-bond donors (Lipinski definition) is 0. The van der Waals surface area contributed by atoms with Gasteiger partial charge in [0.05, 0.1) is 21.6 Å². The van der Waals surface area contributed by atoms with E-state index in [0.29, 0.717) is 11.3 Å². The zero-order valence-electron chi connectivity index (χ0n) is 25.2. The number of unbranched alkanes of at least 4 members (excludes halogenated alkanes) is 1. The van der Waals surface area contributed by atoms with Gasteiger partial charge in [0.15, 0.2) is 8.32 Å². The predicted molar refractivity (Wildman–Crippen MR) is 169 cm³/mol. The first kappa shape index (κ1) is 30.9. The van der Waals surface area contributed by atoms with Crippen molar-refractivity contribution in [2.45, 2.75) is 127 Å².